The quantitative estimate of drug-likeness (QED) is 0.0878. The Balaban J connectivity index is -0.000000566. The lowest BCUT2D eigenvalue weighted by Crippen LogP contribution is -2.50. The smallest absolute Gasteiger partial charge is 0.324 e. The van der Waals surface area contributed by atoms with E-state index >= 15 is 0 Å². The molecule has 0 spiro atoms. The summed E-state index contributed by atoms with van der Waals surface area (Å²) in [5, 5.41) is 0. The fourth-order valence-corrected chi connectivity index (χ4v) is 5.29. The standard InChI is InChI=1S/2C16H36N.H2O4S/c2*1-5-9-13-17(14-10-6-2,15-11-7-3)16-12-8-4;1-5(2,3)4/h2*5-16H2,1-4H3;(H2,1,2,3,4)/q2*+1;. The molecule has 0 bridgehead atoms. The van der Waals surface area contributed by atoms with Gasteiger partial charge in [0.1, 0.15) is 0 Å². The maximum absolute atomic E-state index is 8.74. The summed E-state index contributed by atoms with van der Waals surface area (Å²) < 4.78 is 34.4. The van der Waals surface area contributed by atoms with E-state index in [1.54, 1.807) is 0 Å². The molecule has 6 nitrogen and oxygen atoms in total. The molecule has 0 saturated heterocycles. The molecule has 0 radical (unpaired) electrons. The summed E-state index contributed by atoms with van der Waals surface area (Å²) in [6.07, 6.45) is 22.1. The Morgan fingerprint density at radius 2 is 0.462 bits per heavy atom. The van der Waals surface area contributed by atoms with Gasteiger partial charge in [0.05, 0.1) is 52.4 Å². The molecule has 0 aromatic carbocycles. The summed E-state index contributed by atoms with van der Waals surface area (Å²) in [6, 6.07) is 0. The first-order chi connectivity index (χ1) is 18.5. The van der Waals surface area contributed by atoms with E-state index < -0.39 is 10.4 Å². The van der Waals surface area contributed by atoms with Crippen LogP contribution in [0.25, 0.3) is 0 Å². The number of hydrogen-bond donors (Lipinski definition) is 2. The highest BCUT2D eigenvalue weighted by molar-refractivity contribution is 7.79. The fraction of sp³-hybridized carbons (Fsp3) is 1.00. The Kier molecular flexibility index (Phi) is 32.5. The minimum Gasteiger partial charge on any atom is -0.324 e. The molecule has 0 unspecified atom stereocenters. The van der Waals surface area contributed by atoms with Crippen LogP contribution in [0.15, 0.2) is 0 Å². The van der Waals surface area contributed by atoms with Gasteiger partial charge in [-0.25, -0.2) is 0 Å². The summed E-state index contributed by atoms with van der Waals surface area (Å²) in [5.41, 5.74) is 0. The van der Waals surface area contributed by atoms with Crippen molar-refractivity contribution < 1.29 is 26.5 Å². The summed E-state index contributed by atoms with van der Waals surface area (Å²) in [5.74, 6) is 0. The topological polar surface area (TPSA) is 74.6 Å². The molecular weight excluding hydrogens is 508 g/mol. The average Bonchev–Trinajstić information content (AvgIpc) is 2.91. The zero-order chi connectivity index (χ0) is 30.5. The van der Waals surface area contributed by atoms with E-state index in [0.717, 1.165) is 0 Å². The van der Waals surface area contributed by atoms with Crippen LogP contribution >= 0.6 is 0 Å². The molecule has 240 valence electrons. The molecule has 0 aromatic rings. The van der Waals surface area contributed by atoms with Crippen LogP contribution in [0.3, 0.4) is 0 Å². The molecule has 0 aliphatic heterocycles. The number of quaternary nitrogens is 2. The van der Waals surface area contributed by atoms with Gasteiger partial charge in [0.25, 0.3) is 0 Å². The van der Waals surface area contributed by atoms with Gasteiger partial charge in [-0.05, 0) is 51.4 Å². The van der Waals surface area contributed by atoms with Gasteiger partial charge in [0, 0.05) is 0 Å². The highest BCUT2D eigenvalue weighted by atomic mass is 32.3. The summed E-state index contributed by atoms with van der Waals surface area (Å²) in [7, 11) is -4.67. The van der Waals surface area contributed by atoms with E-state index in [2.05, 4.69) is 55.4 Å². The molecule has 0 heterocycles. The van der Waals surface area contributed by atoms with Gasteiger partial charge in [-0.2, -0.15) is 8.42 Å². The van der Waals surface area contributed by atoms with Gasteiger partial charge in [-0.15, -0.1) is 0 Å². The first-order valence-corrected chi connectivity index (χ1v) is 18.3. The summed E-state index contributed by atoms with van der Waals surface area (Å²) >= 11 is 0. The molecule has 7 heteroatoms. The second-order valence-electron chi connectivity index (χ2n) is 11.7. The van der Waals surface area contributed by atoms with Crippen LogP contribution < -0.4 is 0 Å². The summed E-state index contributed by atoms with van der Waals surface area (Å²) in [4.78, 5) is 0. The molecular formula is C32H74N2O4S+2. The van der Waals surface area contributed by atoms with Gasteiger partial charge in [-0.3, -0.25) is 9.11 Å². The van der Waals surface area contributed by atoms with Crippen molar-refractivity contribution >= 4 is 10.4 Å². The number of unbranched alkanes of at least 4 members (excludes halogenated alkanes) is 8. The zero-order valence-corrected chi connectivity index (χ0v) is 28.8. The molecule has 0 amide bonds. The monoisotopic (exact) mass is 583 g/mol. The largest absolute Gasteiger partial charge is 0.394 e. The normalized spacial score (nSPS) is 11.9. The minimum atomic E-state index is -4.67. The molecule has 0 fully saturated rings. The molecule has 0 rings (SSSR count). The van der Waals surface area contributed by atoms with Crippen molar-refractivity contribution in [3.05, 3.63) is 0 Å². The van der Waals surface area contributed by atoms with E-state index in [0.29, 0.717) is 0 Å². The maximum Gasteiger partial charge on any atom is 0.394 e. The molecule has 0 atom stereocenters. The Morgan fingerprint density at radius 3 is 0.538 bits per heavy atom. The Morgan fingerprint density at radius 1 is 0.359 bits per heavy atom. The highest BCUT2D eigenvalue weighted by Crippen LogP contribution is 2.17. The SMILES string of the molecule is CCCC[N+](CCCC)(CCCC)CCCC.CCCC[N+](CCCC)(CCCC)CCCC.O=S(=O)(O)O. The lowest BCUT2D eigenvalue weighted by atomic mass is 10.1. The average molecular weight is 583 g/mol. The molecule has 39 heavy (non-hydrogen) atoms. The van der Waals surface area contributed by atoms with Crippen molar-refractivity contribution in [2.75, 3.05) is 52.4 Å². The van der Waals surface area contributed by atoms with Crippen molar-refractivity contribution in [2.45, 2.75) is 158 Å². The first kappa shape index (κ1) is 43.2. The van der Waals surface area contributed by atoms with Crippen LogP contribution in [0.1, 0.15) is 158 Å². The lowest BCUT2D eigenvalue weighted by Gasteiger charge is -2.39. The van der Waals surface area contributed by atoms with Gasteiger partial charge < -0.3 is 8.97 Å². The van der Waals surface area contributed by atoms with E-state index in [1.165, 1.54) is 164 Å². The van der Waals surface area contributed by atoms with E-state index in [9.17, 15) is 0 Å². The third-order valence-electron chi connectivity index (χ3n) is 7.89. The number of rotatable bonds is 24. The van der Waals surface area contributed by atoms with E-state index in [1.807, 2.05) is 0 Å². The Labute approximate surface area is 247 Å². The highest BCUT2D eigenvalue weighted by Gasteiger charge is 2.25. The van der Waals surface area contributed by atoms with Gasteiger partial charge in [-0.1, -0.05) is 107 Å². The first-order valence-electron chi connectivity index (χ1n) is 16.9. The summed E-state index contributed by atoms with van der Waals surface area (Å²) in [6.45, 7) is 30.0. The van der Waals surface area contributed by atoms with Crippen LogP contribution in [0.5, 0.6) is 0 Å². The van der Waals surface area contributed by atoms with Crippen molar-refractivity contribution in [3.63, 3.8) is 0 Å². The molecule has 0 saturated carbocycles. The fourth-order valence-electron chi connectivity index (χ4n) is 5.29. The third kappa shape index (κ3) is 30.6. The second-order valence-corrected chi connectivity index (χ2v) is 12.6. The Bertz CT molecular complexity index is 466. The number of hydrogen-bond acceptors (Lipinski definition) is 2. The van der Waals surface area contributed by atoms with E-state index in [-0.39, 0.29) is 0 Å². The molecule has 2 N–H and O–H groups in total. The van der Waals surface area contributed by atoms with Crippen LogP contribution in [0.4, 0.5) is 0 Å². The van der Waals surface area contributed by atoms with Crippen LogP contribution in [0, 0.1) is 0 Å². The maximum atomic E-state index is 8.74. The zero-order valence-electron chi connectivity index (χ0n) is 28.0. The van der Waals surface area contributed by atoms with Crippen molar-refractivity contribution in [1.29, 1.82) is 0 Å². The van der Waals surface area contributed by atoms with Gasteiger partial charge in [0.15, 0.2) is 0 Å². The molecule has 0 aliphatic rings. The second kappa shape index (κ2) is 29.3. The predicted molar refractivity (Wildman–Crippen MR) is 173 cm³/mol. The van der Waals surface area contributed by atoms with Crippen molar-refractivity contribution in [2.24, 2.45) is 0 Å². The lowest BCUT2D eigenvalue weighted by molar-refractivity contribution is -0.929. The van der Waals surface area contributed by atoms with Crippen molar-refractivity contribution in [3.8, 4) is 0 Å². The van der Waals surface area contributed by atoms with Crippen molar-refractivity contribution in [1.82, 2.24) is 0 Å². The third-order valence-corrected chi connectivity index (χ3v) is 7.89. The molecule has 0 aliphatic carbocycles. The number of nitrogens with zero attached hydrogens (tertiary/aromatic N) is 2. The predicted octanol–water partition coefficient (Wildman–Crippen LogP) is 9.35. The molecule has 0 aromatic heterocycles. The van der Waals surface area contributed by atoms with Crippen LogP contribution in [-0.2, 0) is 10.4 Å². The van der Waals surface area contributed by atoms with Crippen LogP contribution in [-0.4, -0.2) is 78.8 Å². The van der Waals surface area contributed by atoms with Gasteiger partial charge >= 0.3 is 10.4 Å². The Hall–Kier alpha value is -0.210. The van der Waals surface area contributed by atoms with E-state index in [4.69, 9.17) is 17.5 Å². The van der Waals surface area contributed by atoms with Crippen LogP contribution in [0.2, 0.25) is 0 Å². The minimum absolute atomic E-state index is 1.35. The van der Waals surface area contributed by atoms with Gasteiger partial charge in [0.2, 0.25) is 0 Å².